The van der Waals surface area contributed by atoms with Gasteiger partial charge in [-0.3, -0.25) is 4.79 Å². The predicted molar refractivity (Wildman–Crippen MR) is 80.5 cm³/mol. The maximum atomic E-state index is 12.7. The van der Waals surface area contributed by atoms with Gasteiger partial charge >= 0.3 is 0 Å². The minimum atomic E-state index is -0.599. The van der Waals surface area contributed by atoms with Crippen LogP contribution < -0.4 is 11.1 Å². The first-order chi connectivity index (χ1) is 10.1. The Morgan fingerprint density at radius 1 is 1.10 bits per heavy atom. The topological polar surface area (TPSA) is 68.0 Å². The van der Waals surface area contributed by atoms with Crippen molar-refractivity contribution in [3.8, 4) is 0 Å². The molecule has 0 radical (unpaired) electrons. The fourth-order valence-electron chi connectivity index (χ4n) is 2.10. The molecule has 21 heavy (non-hydrogen) atoms. The number of nitrogens with two attached hydrogens (primary N) is 1. The minimum Gasteiger partial charge on any atom is -0.398 e. The molecule has 1 aromatic heterocycles. The van der Waals surface area contributed by atoms with E-state index in [0.29, 0.717) is 16.9 Å². The van der Waals surface area contributed by atoms with E-state index >= 15 is 0 Å². The van der Waals surface area contributed by atoms with E-state index in [9.17, 15) is 9.18 Å². The number of fused-ring (bicyclic) bond motifs is 1. The minimum absolute atomic E-state index is 0.355. The first kappa shape index (κ1) is 13.1. The van der Waals surface area contributed by atoms with E-state index in [1.807, 2.05) is 24.3 Å². The number of nitrogen functional groups attached to an aromatic ring is 1. The Morgan fingerprint density at radius 2 is 1.81 bits per heavy atom. The molecule has 0 fully saturated rings. The highest BCUT2D eigenvalue weighted by atomic mass is 19.1. The summed E-state index contributed by atoms with van der Waals surface area (Å²) in [4.78, 5) is 15.7. The zero-order valence-electron chi connectivity index (χ0n) is 11.0. The summed E-state index contributed by atoms with van der Waals surface area (Å²) in [6, 6.07) is 13.7. The van der Waals surface area contributed by atoms with Crippen molar-refractivity contribution in [1.82, 2.24) is 4.98 Å². The van der Waals surface area contributed by atoms with Crippen molar-refractivity contribution in [3.05, 3.63) is 66.2 Å². The highest BCUT2D eigenvalue weighted by Gasteiger charge is 2.11. The summed E-state index contributed by atoms with van der Waals surface area (Å²) in [5.41, 5.74) is 7.10. The second-order valence-corrected chi connectivity index (χ2v) is 4.61. The van der Waals surface area contributed by atoms with E-state index in [2.05, 4.69) is 10.3 Å². The monoisotopic (exact) mass is 281 g/mol. The molecule has 0 aliphatic heterocycles. The smallest absolute Gasteiger partial charge is 0.257 e. The molecule has 3 N–H and O–H groups in total. The van der Waals surface area contributed by atoms with Gasteiger partial charge in [-0.25, -0.2) is 4.98 Å². The molecule has 0 atom stereocenters. The van der Waals surface area contributed by atoms with E-state index in [-0.39, 0.29) is 5.91 Å². The van der Waals surface area contributed by atoms with Gasteiger partial charge in [-0.05, 0) is 35.0 Å². The molecule has 1 heterocycles. The van der Waals surface area contributed by atoms with Crippen LogP contribution in [0.25, 0.3) is 10.8 Å². The lowest BCUT2D eigenvalue weighted by atomic mass is 10.0. The van der Waals surface area contributed by atoms with Crippen molar-refractivity contribution in [2.45, 2.75) is 0 Å². The van der Waals surface area contributed by atoms with Gasteiger partial charge in [0.15, 0.2) is 0 Å². The van der Waals surface area contributed by atoms with Crippen molar-refractivity contribution < 1.29 is 9.18 Å². The van der Waals surface area contributed by atoms with Gasteiger partial charge in [0.1, 0.15) is 0 Å². The molecule has 104 valence electrons. The van der Waals surface area contributed by atoms with Crippen LogP contribution in [0.2, 0.25) is 0 Å². The van der Waals surface area contributed by atoms with Gasteiger partial charge in [-0.15, -0.1) is 0 Å². The number of aromatic nitrogens is 1. The number of rotatable bonds is 2. The Bertz CT molecular complexity index is 815. The number of carbonyl (C=O) groups is 1. The summed E-state index contributed by atoms with van der Waals surface area (Å²) < 4.78 is 12.7. The zero-order valence-corrected chi connectivity index (χ0v) is 11.0. The highest BCUT2D eigenvalue weighted by molar-refractivity contribution is 6.10. The molecular weight excluding hydrogens is 269 g/mol. The molecule has 0 bridgehead atoms. The third-order valence-corrected chi connectivity index (χ3v) is 3.15. The van der Waals surface area contributed by atoms with Gasteiger partial charge < -0.3 is 11.1 Å². The van der Waals surface area contributed by atoms with Crippen LogP contribution in [0.1, 0.15) is 10.4 Å². The lowest BCUT2D eigenvalue weighted by molar-refractivity contribution is 0.102. The van der Waals surface area contributed by atoms with E-state index in [0.717, 1.165) is 10.8 Å². The maximum Gasteiger partial charge on any atom is 0.257 e. The largest absolute Gasteiger partial charge is 0.398 e. The van der Waals surface area contributed by atoms with Crippen LogP contribution in [0.15, 0.2) is 54.7 Å². The maximum absolute atomic E-state index is 12.7. The average molecular weight is 281 g/mol. The Morgan fingerprint density at radius 3 is 2.48 bits per heavy atom. The normalized spacial score (nSPS) is 10.5. The molecule has 0 saturated carbocycles. The second-order valence-electron chi connectivity index (χ2n) is 4.61. The Hall–Kier alpha value is -2.95. The predicted octanol–water partition coefficient (Wildman–Crippen LogP) is 3.21. The third kappa shape index (κ3) is 2.67. The average Bonchev–Trinajstić information content (AvgIpc) is 2.49. The lowest BCUT2D eigenvalue weighted by Crippen LogP contribution is -2.14. The standard InChI is InChI=1S/C16H12FN3O/c17-15-6-5-12(9-19-15)20-16(21)13-7-10-3-1-2-4-11(10)8-14(13)18/h1-9H,18H2,(H,20,21). The molecule has 5 heteroatoms. The Balaban J connectivity index is 1.93. The van der Waals surface area contributed by atoms with Gasteiger partial charge in [0.05, 0.1) is 17.4 Å². The first-order valence-corrected chi connectivity index (χ1v) is 6.34. The zero-order chi connectivity index (χ0) is 14.8. The Labute approximate surface area is 120 Å². The van der Waals surface area contributed by atoms with E-state index in [1.165, 1.54) is 18.3 Å². The Kier molecular flexibility index (Phi) is 3.23. The summed E-state index contributed by atoms with van der Waals surface area (Å²) in [5.74, 6) is -0.954. The van der Waals surface area contributed by atoms with Crippen molar-refractivity contribution in [2.24, 2.45) is 0 Å². The first-order valence-electron chi connectivity index (χ1n) is 6.34. The van der Waals surface area contributed by atoms with Crippen molar-refractivity contribution in [3.63, 3.8) is 0 Å². The van der Waals surface area contributed by atoms with Crippen LogP contribution in [0, 0.1) is 5.95 Å². The number of nitrogens with one attached hydrogen (secondary N) is 1. The number of anilines is 2. The number of amides is 1. The molecule has 0 aliphatic rings. The van der Waals surface area contributed by atoms with Gasteiger partial charge in [0.2, 0.25) is 5.95 Å². The van der Waals surface area contributed by atoms with Gasteiger partial charge in [0, 0.05) is 5.69 Å². The van der Waals surface area contributed by atoms with Crippen LogP contribution in [0.4, 0.5) is 15.8 Å². The molecule has 3 aromatic rings. The molecule has 0 saturated heterocycles. The highest BCUT2D eigenvalue weighted by Crippen LogP contribution is 2.22. The lowest BCUT2D eigenvalue weighted by Gasteiger charge is -2.09. The van der Waals surface area contributed by atoms with E-state index < -0.39 is 5.95 Å². The van der Waals surface area contributed by atoms with Crippen LogP contribution >= 0.6 is 0 Å². The number of halogens is 1. The summed E-state index contributed by atoms with van der Waals surface area (Å²) in [7, 11) is 0. The third-order valence-electron chi connectivity index (χ3n) is 3.15. The fourth-order valence-corrected chi connectivity index (χ4v) is 2.10. The molecule has 1 amide bonds. The summed E-state index contributed by atoms with van der Waals surface area (Å²) in [6.45, 7) is 0. The SMILES string of the molecule is Nc1cc2ccccc2cc1C(=O)Nc1ccc(F)nc1. The summed E-state index contributed by atoms with van der Waals surface area (Å²) >= 11 is 0. The molecule has 0 spiro atoms. The molecular formula is C16H12FN3O. The van der Waals surface area contributed by atoms with Crippen molar-refractivity contribution in [1.29, 1.82) is 0 Å². The van der Waals surface area contributed by atoms with Crippen LogP contribution in [0.5, 0.6) is 0 Å². The number of pyridine rings is 1. The number of benzene rings is 2. The van der Waals surface area contributed by atoms with Crippen LogP contribution in [0.3, 0.4) is 0 Å². The molecule has 2 aromatic carbocycles. The van der Waals surface area contributed by atoms with E-state index in [4.69, 9.17) is 5.73 Å². The van der Waals surface area contributed by atoms with Crippen LogP contribution in [-0.4, -0.2) is 10.9 Å². The van der Waals surface area contributed by atoms with Crippen molar-refractivity contribution in [2.75, 3.05) is 11.1 Å². The molecule has 4 nitrogen and oxygen atoms in total. The van der Waals surface area contributed by atoms with Gasteiger partial charge in [-0.1, -0.05) is 24.3 Å². The number of nitrogens with zero attached hydrogens (tertiary/aromatic N) is 1. The van der Waals surface area contributed by atoms with Gasteiger partial charge in [0.25, 0.3) is 5.91 Å². The summed E-state index contributed by atoms with van der Waals surface area (Å²) in [6.07, 6.45) is 1.25. The van der Waals surface area contributed by atoms with E-state index in [1.54, 1.807) is 12.1 Å². The molecule has 0 unspecified atom stereocenters. The summed E-state index contributed by atoms with van der Waals surface area (Å²) in [5, 5.41) is 4.54. The molecule has 3 rings (SSSR count). The number of carbonyl (C=O) groups excluding carboxylic acids is 1. The number of hydrogen-bond donors (Lipinski definition) is 2. The second kappa shape index (κ2) is 5.20. The fraction of sp³-hybridized carbons (Fsp3) is 0. The number of hydrogen-bond acceptors (Lipinski definition) is 3. The van der Waals surface area contributed by atoms with Crippen molar-refractivity contribution >= 4 is 28.1 Å². The van der Waals surface area contributed by atoms with Crippen LogP contribution in [-0.2, 0) is 0 Å². The van der Waals surface area contributed by atoms with Gasteiger partial charge in [-0.2, -0.15) is 4.39 Å². The molecule has 0 aliphatic carbocycles. The quantitative estimate of drug-likeness (QED) is 0.560.